The maximum Gasteiger partial charge on any atom is 0.330 e. The lowest BCUT2D eigenvalue weighted by Gasteiger charge is -2.00. The number of fused-ring (bicyclic) bond motifs is 1. The highest BCUT2D eigenvalue weighted by atomic mass is 16.5. The summed E-state index contributed by atoms with van der Waals surface area (Å²) in [5.74, 6) is -0.508. The fourth-order valence-electron chi connectivity index (χ4n) is 1.87. The molecule has 0 aliphatic heterocycles. The van der Waals surface area contributed by atoms with E-state index in [0.717, 1.165) is 0 Å². The number of rotatable bonds is 4. The number of imidazole rings is 1. The molecule has 0 saturated heterocycles. The lowest BCUT2D eigenvalue weighted by molar-refractivity contribution is -0.141. The van der Waals surface area contributed by atoms with Gasteiger partial charge >= 0.3 is 11.7 Å². The molecule has 0 amide bonds. The van der Waals surface area contributed by atoms with E-state index in [1.165, 1.54) is 16.2 Å². The molecule has 6 heteroatoms. The minimum atomic E-state index is -0.508. The Morgan fingerprint density at radius 1 is 1.28 bits per heavy atom. The highest BCUT2D eigenvalue weighted by Gasteiger charge is 2.14. The molecule has 94 valence electrons. The number of ether oxygens (including phenoxy) is 1. The number of carbonyl (C=O) groups excluding carboxylic acids is 2. The first-order valence-electron chi connectivity index (χ1n) is 5.37. The van der Waals surface area contributed by atoms with Gasteiger partial charge in [-0.15, -0.1) is 0 Å². The average Bonchev–Trinajstić information content (AvgIpc) is 2.65. The maximum absolute atomic E-state index is 12.1. The Morgan fingerprint density at radius 2 is 1.89 bits per heavy atom. The van der Waals surface area contributed by atoms with Crippen LogP contribution in [0.4, 0.5) is 0 Å². The van der Waals surface area contributed by atoms with Gasteiger partial charge in [0.2, 0.25) is 0 Å². The molecule has 18 heavy (non-hydrogen) atoms. The Balaban J connectivity index is 2.65. The van der Waals surface area contributed by atoms with Gasteiger partial charge in [0.25, 0.3) is 0 Å². The molecule has 1 heterocycles. The minimum Gasteiger partial charge on any atom is -0.468 e. The van der Waals surface area contributed by atoms with E-state index in [2.05, 4.69) is 4.74 Å². The maximum atomic E-state index is 12.1. The van der Waals surface area contributed by atoms with Crippen LogP contribution in [0.5, 0.6) is 0 Å². The van der Waals surface area contributed by atoms with E-state index in [4.69, 9.17) is 0 Å². The fourth-order valence-corrected chi connectivity index (χ4v) is 1.87. The number of hydrogen-bond acceptors (Lipinski definition) is 4. The monoisotopic (exact) mass is 248 g/mol. The number of para-hydroxylation sites is 2. The van der Waals surface area contributed by atoms with Gasteiger partial charge in [-0.1, -0.05) is 12.1 Å². The number of aromatic nitrogens is 2. The molecule has 1 aromatic heterocycles. The first-order valence-corrected chi connectivity index (χ1v) is 5.37. The summed E-state index contributed by atoms with van der Waals surface area (Å²) in [4.78, 5) is 34.0. The molecule has 2 rings (SSSR count). The van der Waals surface area contributed by atoms with Crippen molar-refractivity contribution >= 4 is 23.3 Å². The van der Waals surface area contributed by atoms with Crippen LogP contribution in [0.2, 0.25) is 0 Å². The molecule has 1 aromatic carbocycles. The Labute approximate surface area is 102 Å². The number of hydrogen-bond donors (Lipinski definition) is 0. The SMILES string of the molecule is COC(=O)Cn1c(=O)n(CC=O)c2ccccc21. The topological polar surface area (TPSA) is 70.3 Å². The minimum absolute atomic E-state index is 0.0342. The third-order valence-corrected chi connectivity index (χ3v) is 2.70. The molecule has 2 aromatic rings. The van der Waals surface area contributed by atoms with Gasteiger partial charge < -0.3 is 9.53 Å². The van der Waals surface area contributed by atoms with Crippen molar-refractivity contribution in [1.29, 1.82) is 0 Å². The molecular weight excluding hydrogens is 236 g/mol. The van der Waals surface area contributed by atoms with Gasteiger partial charge in [0.05, 0.1) is 24.7 Å². The highest BCUT2D eigenvalue weighted by molar-refractivity contribution is 5.79. The van der Waals surface area contributed by atoms with Crippen LogP contribution in [0.3, 0.4) is 0 Å². The Kier molecular flexibility index (Phi) is 3.27. The van der Waals surface area contributed by atoms with Crippen molar-refractivity contribution in [1.82, 2.24) is 9.13 Å². The number of carbonyl (C=O) groups is 2. The smallest absolute Gasteiger partial charge is 0.330 e. The number of esters is 1. The second-order valence-electron chi connectivity index (χ2n) is 3.71. The largest absolute Gasteiger partial charge is 0.468 e. The first-order chi connectivity index (χ1) is 8.69. The number of benzene rings is 1. The van der Waals surface area contributed by atoms with Crippen LogP contribution in [0, 0.1) is 0 Å². The van der Waals surface area contributed by atoms with E-state index < -0.39 is 11.7 Å². The van der Waals surface area contributed by atoms with E-state index >= 15 is 0 Å². The summed E-state index contributed by atoms with van der Waals surface area (Å²) in [7, 11) is 1.26. The van der Waals surface area contributed by atoms with Crippen molar-refractivity contribution in [2.45, 2.75) is 13.1 Å². The zero-order valence-electron chi connectivity index (χ0n) is 9.83. The summed E-state index contributed by atoms with van der Waals surface area (Å²) in [5, 5.41) is 0. The molecule has 0 aliphatic carbocycles. The van der Waals surface area contributed by atoms with Crippen molar-refractivity contribution in [3.05, 3.63) is 34.7 Å². The summed E-state index contributed by atoms with van der Waals surface area (Å²) in [5.41, 5.74) is 0.835. The average molecular weight is 248 g/mol. The predicted molar refractivity (Wildman–Crippen MR) is 64.3 cm³/mol. The van der Waals surface area contributed by atoms with Gasteiger partial charge in [0, 0.05) is 0 Å². The van der Waals surface area contributed by atoms with Gasteiger partial charge in [-0.3, -0.25) is 13.9 Å². The van der Waals surface area contributed by atoms with Crippen molar-refractivity contribution in [2.24, 2.45) is 0 Å². The molecule has 0 atom stereocenters. The van der Waals surface area contributed by atoms with Crippen LogP contribution < -0.4 is 5.69 Å². The van der Waals surface area contributed by atoms with Crippen LogP contribution in [0.15, 0.2) is 29.1 Å². The van der Waals surface area contributed by atoms with Crippen molar-refractivity contribution in [3.8, 4) is 0 Å². The van der Waals surface area contributed by atoms with E-state index in [0.29, 0.717) is 17.3 Å². The molecule has 0 spiro atoms. The van der Waals surface area contributed by atoms with Crippen LogP contribution in [-0.2, 0) is 27.4 Å². The number of nitrogens with zero attached hydrogens (tertiary/aromatic N) is 2. The summed E-state index contributed by atoms with van der Waals surface area (Å²) < 4.78 is 7.17. The normalized spacial score (nSPS) is 10.5. The predicted octanol–water partition coefficient (Wildman–Crippen LogP) is 0.175. The molecule has 6 nitrogen and oxygen atoms in total. The lowest BCUT2D eigenvalue weighted by atomic mass is 10.3. The molecule has 0 saturated carbocycles. The van der Waals surface area contributed by atoms with Gasteiger partial charge in [0.1, 0.15) is 12.8 Å². The summed E-state index contributed by atoms with van der Waals surface area (Å²) in [6, 6.07) is 6.99. The Hall–Kier alpha value is -2.37. The zero-order chi connectivity index (χ0) is 13.1. The number of methoxy groups -OCH3 is 1. The van der Waals surface area contributed by atoms with Crippen molar-refractivity contribution in [2.75, 3.05) is 7.11 Å². The van der Waals surface area contributed by atoms with Gasteiger partial charge in [-0.2, -0.15) is 0 Å². The van der Waals surface area contributed by atoms with Crippen LogP contribution >= 0.6 is 0 Å². The van der Waals surface area contributed by atoms with E-state index in [9.17, 15) is 14.4 Å². The van der Waals surface area contributed by atoms with Gasteiger partial charge in [0.15, 0.2) is 0 Å². The van der Waals surface area contributed by atoms with Crippen LogP contribution in [0.25, 0.3) is 11.0 Å². The fraction of sp³-hybridized carbons (Fsp3) is 0.250. The number of aldehydes is 1. The van der Waals surface area contributed by atoms with Crippen LogP contribution in [0.1, 0.15) is 0 Å². The van der Waals surface area contributed by atoms with Gasteiger partial charge in [-0.05, 0) is 12.1 Å². The second kappa shape index (κ2) is 4.87. The molecule has 0 aliphatic rings. The summed E-state index contributed by atoms with van der Waals surface area (Å²) >= 11 is 0. The van der Waals surface area contributed by atoms with E-state index in [1.807, 2.05) is 0 Å². The molecular formula is C12H12N2O4. The standard InChI is InChI=1S/C12H12N2O4/c1-18-11(16)8-14-10-5-3-2-4-9(10)13(6-7-15)12(14)17/h2-5,7H,6,8H2,1H3. The summed E-state index contributed by atoms with van der Waals surface area (Å²) in [6.45, 7) is -0.199. The van der Waals surface area contributed by atoms with E-state index in [1.54, 1.807) is 24.3 Å². The van der Waals surface area contributed by atoms with E-state index in [-0.39, 0.29) is 13.1 Å². The lowest BCUT2D eigenvalue weighted by Crippen LogP contribution is -2.27. The Morgan fingerprint density at radius 3 is 2.44 bits per heavy atom. The third kappa shape index (κ3) is 1.92. The molecule has 0 radical (unpaired) electrons. The third-order valence-electron chi connectivity index (χ3n) is 2.70. The van der Waals surface area contributed by atoms with Crippen LogP contribution in [-0.4, -0.2) is 28.5 Å². The second-order valence-corrected chi connectivity index (χ2v) is 3.71. The van der Waals surface area contributed by atoms with Crippen molar-refractivity contribution in [3.63, 3.8) is 0 Å². The molecule has 0 bridgehead atoms. The Bertz CT molecular complexity index is 654. The molecule has 0 fully saturated rings. The molecule has 0 unspecified atom stereocenters. The molecule has 0 N–H and O–H groups in total. The van der Waals surface area contributed by atoms with Crippen molar-refractivity contribution < 1.29 is 14.3 Å². The first kappa shape index (κ1) is 12.1. The highest BCUT2D eigenvalue weighted by Crippen LogP contribution is 2.12. The van der Waals surface area contributed by atoms with Gasteiger partial charge in [-0.25, -0.2) is 4.79 Å². The quantitative estimate of drug-likeness (QED) is 0.571. The summed E-state index contributed by atoms with van der Waals surface area (Å²) in [6.07, 6.45) is 0.649. The zero-order valence-corrected chi connectivity index (χ0v) is 9.83.